The summed E-state index contributed by atoms with van der Waals surface area (Å²) in [5, 5.41) is 53.7. The molecule has 0 saturated carbocycles. The number of nitrogens with two attached hydrogens (primary N) is 1. The van der Waals surface area contributed by atoms with Crippen LogP contribution in [0.2, 0.25) is 0 Å². The van der Waals surface area contributed by atoms with Gasteiger partial charge in [0.2, 0.25) is 5.78 Å². The number of carbonyl (C=O) groups excluding carboxylic acids is 3. The third kappa shape index (κ3) is 4.11. The molecule has 2 aromatic carbocycles. The first kappa shape index (κ1) is 27.2. The Hall–Kier alpha value is -3.39. The molecule has 1 aliphatic heterocycles. The molecule has 2 aliphatic carbocycles. The maximum absolute atomic E-state index is 13.6. The smallest absolute Gasteiger partial charge is 0.202 e. The lowest BCUT2D eigenvalue weighted by molar-refractivity contribution is -0.247. The van der Waals surface area contributed by atoms with E-state index in [2.05, 4.69) is 0 Å². The zero-order valence-corrected chi connectivity index (χ0v) is 21.2. The van der Waals surface area contributed by atoms with Gasteiger partial charge in [0.05, 0.1) is 42.1 Å². The maximum atomic E-state index is 13.6. The minimum absolute atomic E-state index is 0.0173. The van der Waals surface area contributed by atoms with E-state index in [0.717, 1.165) is 0 Å². The lowest BCUT2D eigenvalue weighted by Gasteiger charge is -2.42. The highest BCUT2D eigenvalue weighted by Gasteiger charge is 2.50. The fraction of sp³-hybridized carbons (Fsp3) is 0.444. The summed E-state index contributed by atoms with van der Waals surface area (Å²) in [4.78, 5) is 39.7. The second-order valence-electron chi connectivity index (χ2n) is 10.2. The van der Waals surface area contributed by atoms with E-state index in [0.29, 0.717) is 0 Å². The molecule has 12 heteroatoms. The quantitative estimate of drug-likeness (QED) is 0.235. The average molecular weight is 544 g/mol. The van der Waals surface area contributed by atoms with E-state index in [1.165, 1.54) is 25.3 Å². The zero-order valence-electron chi connectivity index (χ0n) is 21.2. The minimum atomic E-state index is -2.24. The highest BCUT2D eigenvalue weighted by molar-refractivity contribution is 6.31. The number of hydrogen-bond acceptors (Lipinski definition) is 12. The van der Waals surface area contributed by atoms with Crippen LogP contribution in [-0.4, -0.2) is 86.7 Å². The van der Waals surface area contributed by atoms with Crippen molar-refractivity contribution in [2.75, 3.05) is 13.7 Å². The molecular formula is C27H29NO11. The van der Waals surface area contributed by atoms with Gasteiger partial charge in [0.15, 0.2) is 17.9 Å². The Morgan fingerprint density at radius 1 is 1.15 bits per heavy atom. The molecule has 1 fully saturated rings. The van der Waals surface area contributed by atoms with Gasteiger partial charge in [0.1, 0.15) is 29.5 Å². The van der Waals surface area contributed by atoms with Crippen LogP contribution in [0.5, 0.6) is 17.2 Å². The van der Waals surface area contributed by atoms with Crippen LogP contribution in [0, 0.1) is 0 Å². The largest absolute Gasteiger partial charge is 0.507 e. The van der Waals surface area contributed by atoms with Crippen molar-refractivity contribution in [2.24, 2.45) is 5.73 Å². The summed E-state index contributed by atoms with van der Waals surface area (Å²) in [7, 11) is 1.32. The number of ketones is 3. The van der Waals surface area contributed by atoms with E-state index in [9.17, 15) is 39.9 Å². The Labute approximate surface area is 222 Å². The van der Waals surface area contributed by atoms with Gasteiger partial charge in [0, 0.05) is 42.0 Å². The average Bonchev–Trinajstić information content (AvgIpc) is 2.90. The summed E-state index contributed by atoms with van der Waals surface area (Å²) in [5.74, 6) is -3.77. The Morgan fingerprint density at radius 3 is 2.49 bits per heavy atom. The van der Waals surface area contributed by atoms with Crippen LogP contribution in [0.15, 0.2) is 18.2 Å². The number of Topliss-reactive ketones (excluding diaryl/α,β-unsaturated/α-hetero) is 1. The van der Waals surface area contributed by atoms with Crippen molar-refractivity contribution in [1.29, 1.82) is 0 Å². The third-order valence-electron chi connectivity index (χ3n) is 7.81. The van der Waals surface area contributed by atoms with Crippen molar-refractivity contribution in [3.05, 3.63) is 51.6 Å². The molecular weight excluding hydrogens is 514 g/mol. The highest BCUT2D eigenvalue weighted by Crippen LogP contribution is 2.52. The van der Waals surface area contributed by atoms with Gasteiger partial charge in [0.25, 0.3) is 0 Å². The van der Waals surface area contributed by atoms with Gasteiger partial charge in [-0.3, -0.25) is 14.4 Å². The van der Waals surface area contributed by atoms with E-state index in [1.54, 1.807) is 6.92 Å². The maximum Gasteiger partial charge on any atom is 0.202 e. The first-order valence-corrected chi connectivity index (χ1v) is 12.4. The van der Waals surface area contributed by atoms with E-state index >= 15 is 0 Å². The molecule has 5 rings (SSSR count). The van der Waals surface area contributed by atoms with Gasteiger partial charge in [-0.25, -0.2) is 0 Å². The van der Waals surface area contributed by atoms with Crippen LogP contribution < -0.4 is 10.5 Å². The number of benzene rings is 2. The van der Waals surface area contributed by atoms with E-state index in [1.807, 2.05) is 0 Å². The molecule has 0 amide bonds. The molecule has 208 valence electrons. The first-order chi connectivity index (χ1) is 18.4. The molecule has 0 radical (unpaired) electrons. The topological polar surface area (TPSA) is 206 Å². The fourth-order valence-electron chi connectivity index (χ4n) is 5.75. The summed E-state index contributed by atoms with van der Waals surface area (Å²) in [6, 6.07) is 3.64. The van der Waals surface area contributed by atoms with E-state index in [-0.39, 0.29) is 34.4 Å². The van der Waals surface area contributed by atoms with Crippen molar-refractivity contribution < 1.29 is 54.1 Å². The van der Waals surface area contributed by atoms with Crippen molar-refractivity contribution in [3.8, 4) is 17.2 Å². The second-order valence-corrected chi connectivity index (χ2v) is 10.2. The molecule has 2 aromatic rings. The van der Waals surface area contributed by atoms with E-state index < -0.39 is 95.7 Å². The number of ether oxygens (including phenoxy) is 3. The van der Waals surface area contributed by atoms with Gasteiger partial charge < -0.3 is 45.5 Å². The Kier molecular flexibility index (Phi) is 6.74. The normalized spacial score (nSPS) is 29.8. The van der Waals surface area contributed by atoms with Crippen LogP contribution in [0.25, 0.3) is 0 Å². The van der Waals surface area contributed by atoms with Crippen molar-refractivity contribution >= 4 is 17.3 Å². The number of phenolic OH excluding ortho intramolecular Hbond substituents is 2. The molecule has 6 atom stereocenters. The number of fused-ring (bicyclic) bond motifs is 3. The molecule has 0 aromatic heterocycles. The molecule has 0 bridgehead atoms. The Balaban J connectivity index is 1.69. The number of carbonyl (C=O) groups is 3. The van der Waals surface area contributed by atoms with Crippen LogP contribution in [0.1, 0.15) is 68.8 Å². The Bertz CT molecular complexity index is 1380. The predicted molar refractivity (Wildman–Crippen MR) is 132 cm³/mol. The summed E-state index contributed by atoms with van der Waals surface area (Å²) in [5.41, 5.74) is 2.37. The standard InChI is InChI=1S/C27H29NO11/c1-10-22(31)13(28)6-17(38-10)39-15-8-27(36,16(30)9-29)7-12-19(15)26(35)21-20(24(12)33)23(32)11-4-3-5-14(37-2)18(11)25(21)34/h3-5,10,13,15,17,22,29,31,33,35-36H,6-9,28H2,1-2H3/t10?,13?,15-,17+,22?,27-/m0/s1. The molecule has 0 spiro atoms. The minimum Gasteiger partial charge on any atom is -0.507 e. The van der Waals surface area contributed by atoms with Crippen LogP contribution in [0.4, 0.5) is 0 Å². The number of hydrogen-bond donors (Lipinski definition) is 6. The Morgan fingerprint density at radius 2 is 1.85 bits per heavy atom. The molecule has 12 nitrogen and oxygen atoms in total. The van der Waals surface area contributed by atoms with Crippen molar-refractivity contribution in [2.45, 2.75) is 62.4 Å². The number of rotatable bonds is 5. The summed E-state index contributed by atoms with van der Waals surface area (Å²) >= 11 is 0. The van der Waals surface area contributed by atoms with Gasteiger partial charge in [-0.15, -0.1) is 0 Å². The first-order valence-electron chi connectivity index (χ1n) is 12.4. The summed E-state index contributed by atoms with van der Waals surface area (Å²) < 4.78 is 17.0. The van der Waals surface area contributed by atoms with E-state index in [4.69, 9.17) is 19.9 Å². The number of phenols is 2. The number of methoxy groups -OCH3 is 1. The monoisotopic (exact) mass is 543 g/mol. The summed E-state index contributed by atoms with van der Waals surface area (Å²) in [6.07, 6.45) is -5.12. The lowest BCUT2D eigenvalue weighted by atomic mass is 9.72. The summed E-state index contributed by atoms with van der Waals surface area (Å²) in [6.45, 7) is 0.560. The van der Waals surface area contributed by atoms with Crippen LogP contribution in [0.3, 0.4) is 0 Å². The molecule has 7 N–H and O–H groups in total. The SMILES string of the molecule is COc1cccc2c1C(=O)c1c(O)c3c(c(O)c1C2=O)C[C@@](O)(C(=O)CO)C[C@@H]3O[C@@H]1CC(N)C(O)C(C)O1. The van der Waals surface area contributed by atoms with Gasteiger partial charge in [-0.1, -0.05) is 12.1 Å². The second kappa shape index (κ2) is 9.66. The molecule has 1 heterocycles. The molecule has 3 unspecified atom stereocenters. The van der Waals surface area contributed by atoms with Crippen molar-refractivity contribution in [3.63, 3.8) is 0 Å². The van der Waals surface area contributed by atoms with Crippen molar-refractivity contribution in [1.82, 2.24) is 0 Å². The fourth-order valence-corrected chi connectivity index (χ4v) is 5.75. The number of aromatic hydroxyl groups is 2. The molecule has 3 aliphatic rings. The third-order valence-corrected chi connectivity index (χ3v) is 7.81. The van der Waals surface area contributed by atoms with Crippen LogP contribution in [-0.2, 0) is 20.7 Å². The lowest BCUT2D eigenvalue weighted by Crippen LogP contribution is -2.53. The molecule has 1 saturated heterocycles. The number of aliphatic hydroxyl groups excluding tert-OH is 2. The highest BCUT2D eigenvalue weighted by atomic mass is 16.7. The van der Waals surface area contributed by atoms with Gasteiger partial charge in [-0.05, 0) is 13.0 Å². The number of aliphatic hydroxyl groups is 3. The predicted octanol–water partition coefficient (Wildman–Crippen LogP) is 0.00130. The molecule has 39 heavy (non-hydrogen) atoms. The van der Waals surface area contributed by atoms with Gasteiger partial charge >= 0.3 is 0 Å². The van der Waals surface area contributed by atoms with Crippen LogP contribution >= 0.6 is 0 Å². The zero-order chi connectivity index (χ0) is 28.4. The van der Waals surface area contributed by atoms with Gasteiger partial charge in [-0.2, -0.15) is 0 Å².